The summed E-state index contributed by atoms with van der Waals surface area (Å²) in [5, 5.41) is 10.7. The Bertz CT molecular complexity index is 977. The van der Waals surface area contributed by atoms with E-state index >= 15 is 0 Å². The van der Waals surface area contributed by atoms with Crippen LogP contribution in [0.4, 0.5) is 0 Å². The molecular weight excluding hydrogens is 298 g/mol. The number of aromatic hydroxyl groups is 1. The number of hydrogen-bond acceptors (Lipinski definition) is 5. The van der Waals surface area contributed by atoms with Gasteiger partial charge in [0.25, 0.3) is 0 Å². The van der Waals surface area contributed by atoms with Crippen molar-refractivity contribution in [3.05, 3.63) is 46.6 Å². The Labute approximate surface area is 130 Å². The molecule has 0 bridgehead atoms. The van der Waals surface area contributed by atoms with Gasteiger partial charge in [-0.3, -0.25) is 4.79 Å². The zero-order valence-electron chi connectivity index (χ0n) is 12.3. The maximum Gasteiger partial charge on any atom is 0.231 e. The summed E-state index contributed by atoms with van der Waals surface area (Å²) in [6.45, 7) is 0.116. The number of ether oxygens (including phenoxy) is 3. The third-order valence-corrected chi connectivity index (χ3v) is 3.85. The van der Waals surface area contributed by atoms with Crippen molar-refractivity contribution in [2.24, 2.45) is 0 Å². The summed E-state index contributed by atoms with van der Waals surface area (Å²) in [5.74, 6) is 1.25. The quantitative estimate of drug-likeness (QED) is 0.760. The molecule has 23 heavy (non-hydrogen) atoms. The summed E-state index contributed by atoms with van der Waals surface area (Å²) >= 11 is 0. The molecule has 0 atom stereocenters. The second-order valence-electron chi connectivity index (χ2n) is 5.13. The predicted octanol–water partition coefficient (Wildman–Crippen LogP) is 2.64. The lowest BCUT2D eigenvalue weighted by molar-refractivity contribution is 0.174. The van der Waals surface area contributed by atoms with Crippen LogP contribution in [0.5, 0.6) is 23.0 Å². The summed E-state index contributed by atoms with van der Waals surface area (Å²) in [4.78, 5) is 15.6. The van der Waals surface area contributed by atoms with E-state index in [-0.39, 0.29) is 12.5 Å². The molecule has 0 amide bonds. The van der Waals surface area contributed by atoms with Crippen LogP contribution in [0.25, 0.3) is 22.2 Å². The summed E-state index contributed by atoms with van der Waals surface area (Å²) in [7, 11) is 1.53. The van der Waals surface area contributed by atoms with E-state index in [0.717, 1.165) is 0 Å². The molecule has 0 saturated carbocycles. The molecule has 0 fully saturated rings. The highest BCUT2D eigenvalue weighted by Crippen LogP contribution is 2.38. The molecule has 2 aromatic carbocycles. The van der Waals surface area contributed by atoms with Gasteiger partial charge >= 0.3 is 0 Å². The fourth-order valence-corrected chi connectivity index (χ4v) is 2.71. The van der Waals surface area contributed by atoms with Gasteiger partial charge in [0.2, 0.25) is 12.2 Å². The van der Waals surface area contributed by atoms with Gasteiger partial charge < -0.3 is 24.3 Å². The normalized spacial score (nSPS) is 12.6. The van der Waals surface area contributed by atoms with E-state index < -0.39 is 5.43 Å². The van der Waals surface area contributed by atoms with Crippen LogP contribution in [-0.2, 0) is 0 Å². The van der Waals surface area contributed by atoms with Crippen LogP contribution in [0.1, 0.15) is 0 Å². The fraction of sp³-hybridized carbons (Fsp3) is 0.118. The Balaban J connectivity index is 2.03. The van der Waals surface area contributed by atoms with Gasteiger partial charge in [-0.15, -0.1) is 0 Å². The van der Waals surface area contributed by atoms with Gasteiger partial charge in [0.1, 0.15) is 5.75 Å². The van der Waals surface area contributed by atoms with Crippen LogP contribution in [0.3, 0.4) is 0 Å². The number of nitrogens with one attached hydrogen (secondary N) is 1. The van der Waals surface area contributed by atoms with Crippen LogP contribution in [-0.4, -0.2) is 24.0 Å². The number of H-pyrrole nitrogens is 1. The van der Waals surface area contributed by atoms with E-state index in [0.29, 0.717) is 39.4 Å². The maximum absolute atomic E-state index is 12.5. The van der Waals surface area contributed by atoms with Crippen molar-refractivity contribution < 1.29 is 19.3 Å². The van der Waals surface area contributed by atoms with Gasteiger partial charge in [-0.25, -0.2) is 0 Å². The first-order chi connectivity index (χ1) is 11.2. The van der Waals surface area contributed by atoms with E-state index in [2.05, 4.69) is 4.98 Å². The number of para-hydroxylation sites is 1. The number of aromatic amines is 1. The van der Waals surface area contributed by atoms with Crippen LogP contribution in [0.2, 0.25) is 0 Å². The second kappa shape index (κ2) is 4.95. The van der Waals surface area contributed by atoms with Gasteiger partial charge in [-0.05, 0) is 18.2 Å². The van der Waals surface area contributed by atoms with Gasteiger partial charge in [-0.2, -0.15) is 0 Å². The highest BCUT2D eigenvalue weighted by molar-refractivity contribution is 5.88. The fourth-order valence-electron chi connectivity index (χ4n) is 2.71. The molecule has 1 aliphatic heterocycles. The molecule has 0 radical (unpaired) electrons. The smallest absolute Gasteiger partial charge is 0.231 e. The average molecular weight is 311 g/mol. The van der Waals surface area contributed by atoms with Crippen molar-refractivity contribution in [3.8, 4) is 34.3 Å². The molecule has 116 valence electrons. The first-order valence-electron chi connectivity index (χ1n) is 7.01. The van der Waals surface area contributed by atoms with E-state index in [1.54, 1.807) is 30.3 Å². The highest BCUT2D eigenvalue weighted by atomic mass is 16.7. The lowest BCUT2D eigenvalue weighted by Gasteiger charge is -2.11. The molecule has 6 heteroatoms. The summed E-state index contributed by atoms with van der Waals surface area (Å²) < 4.78 is 15.9. The largest absolute Gasteiger partial charge is 0.503 e. The maximum atomic E-state index is 12.5. The number of aromatic nitrogens is 1. The van der Waals surface area contributed by atoms with Crippen molar-refractivity contribution in [1.82, 2.24) is 4.98 Å². The molecule has 4 rings (SSSR count). The van der Waals surface area contributed by atoms with Crippen LogP contribution < -0.4 is 19.6 Å². The molecule has 1 aliphatic rings. The van der Waals surface area contributed by atoms with E-state index in [4.69, 9.17) is 14.2 Å². The van der Waals surface area contributed by atoms with Crippen molar-refractivity contribution in [2.45, 2.75) is 0 Å². The lowest BCUT2D eigenvalue weighted by Crippen LogP contribution is -2.05. The molecule has 1 aromatic heterocycles. The van der Waals surface area contributed by atoms with Gasteiger partial charge in [0, 0.05) is 11.6 Å². The molecular formula is C17H13NO5. The third kappa shape index (κ3) is 1.99. The van der Waals surface area contributed by atoms with Crippen molar-refractivity contribution >= 4 is 10.9 Å². The molecule has 2 N–H and O–H groups in total. The molecule has 6 nitrogen and oxygen atoms in total. The first kappa shape index (κ1) is 13.5. The Morgan fingerprint density at radius 3 is 2.70 bits per heavy atom. The molecule has 2 heterocycles. The second-order valence-corrected chi connectivity index (χ2v) is 5.13. The Morgan fingerprint density at radius 1 is 1.17 bits per heavy atom. The number of fused-ring (bicyclic) bond motifs is 2. The van der Waals surface area contributed by atoms with Crippen molar-refractivity contribution in [2.75, 3.05) is 13.9 Å². The molecule has 0 spiro atoms. The highest BCUT2D eigenvalue weighted by Gasteiger charge is 2.20. The third-order valence-electron chi connectivity index (χ3n) is 3.85. The van der Waals surface area contributed by atoms with E-state index in [1.165, 1.54) is 7.11 Å². The minimum Gasteiger partial charge on any atom is -0.503 e. The minimum atomic E-state index is -0.474. The number of methoxy groups -OCH3 is 1. The number of rotatable bonds is 2. The van der Waals surface area contributed by atoms with Crippen LogP contribution in [0, 0.1) is 0 Å². The van der Waals surface area contributed by atoms with E-state index in [1.807, 2.05) is 6.07 Å². The number of hydrogen-bond donors (Lipinski definition) is 2. The van der Waals surface area contributed by atoms with Crippen molar-refractivity contribution in [1.29, 1.82) is 0 Å². The van der Waals surface area contributed by atoms with Gasteiger partial charge in [-0.1, -0.05) is 12.1 Å². The first-order valence-corrected chi connectivity index (χ1v) is 7.01. The van der Waals surface area contributed by atoms with E-state index in [9.17, 15) is 9.90 Å². The number of pyridine rings is 1. The molecule has 0 unspecified atom stereocenters. The lowest BCUT2D eigenvalue weighted by atomic mass is 10.1. The zero-order chi connectivity index (χ0) is 16.0. The Hall–Kier alpha value is -3.15. The standard InChI is InChI=1S/C17H13NO5/c1-21-12-5-3-2-4-9(12)15-17(20)16(19)10-6-13-14(23-8-22-13)7-11(10)18-15/h2-7,20H,8H2,1H3,(H,18,19). The van der Waals surface area contributed by atoms with Crippen molar-refractivity contribution in [3.63, 3.8) is 0 Å². The predicted molar refractivity (Wildman–Crippen MR) is 84.3 cm³/mol. The Morgan fingerprint density at radius 2 is 1.91 bits per heavy atom. The summed E-state index contributed by atoms with van der Waals surface area (Å²) in [5.41, 5.74) is 0.985. The monoisotopic (exact) mass is 311 g/mol. The van der Waals surface area contributed by atoms with Crippen LogP contribution in [0.15, 0.2) is 41.2 Å². The molecule has 0 saturated heterocycles. The minimum absolute atomic E-state index is 0.116. The zero-order valence-corrected chi connectivity index (χ0v) is 12.3. The van der Waals surface area contributed by atoms with Gasteiger partial charge in [0.15, 0.2) is 17.2 Å². The molecule has 3 aromatic rings. The molecule has 0 aliphatic carbocycles. The SMILES string of the molecule is COc1ccccc1-c1[nH]c2cc3c(cc2c(=O)c1O)OCO3. The summed E-state index contributed by atoms with van der Waals surface area (Å²) in [6.07, 6.45) is 0. The van der Waals surface area contributed by atoms with Gasteiger partial charge in [0.05, 0.1) is 23.7 Å². The topological polar surface area (TPSA) is 80.8 Å². The summed E-state index contributed by atoms with van der Waals surface area (Å²) in [6, 6.07) is 10.4. The van der Waals surface area contributed by atoms with Crippen LogP contribution >= 0.6 is 0 Å². The average Bonchev–Trinajstić information content (AvgIpc) is 3.04. The number of benzene rings is 2. The Kier molecular flexibility index (Phi) is 2.90.